The third kappa shape index (κ3) is 4.32. The SMILES string of the molecule is Cc1cc(N=Nc2c(C(C)C)cccc2C(C)C)c(O)c(C(C)(C)C)c1. The molecule has 26 heavy (non-hydrogen) atoms. The summed E-state index contributed by atoms with van der Waals surface area (Å²) in [7, 11) is 0. The lowest BCUT2D eigenvalue weighted by atomic mass is 9.85. The fraction of sp³-hybridized carbons (Fsp3) is 0.478. The summed E-state index contributed by atoms with van der Waals surface area (Å²) in [5.74, 6) is 0.942. The second kappa shape index (κ2) is 7.61. The van der Waals surface area contributed by atoms with Crippen molar-refractivity contribution in [2.24, 2.45) is 10.2 Å². The van der Waals surface area contributed by atoms with Crippen molar-refractivity contribution in [2.75, 3.05) is 0 Å². The molecule has 2 rings (SSSR count). The molecule has 0 bridgehead atoms. The molecule has 0 saturated carbocycles. The Hall–Kier alpha value is -2.16. The first-order valence-corrected chi connectivity index (χ1v) is 9.41. The van der Waals surface area contributed by atoms with E-state index in [1.807, 2.05) is 19.1 Å². The van der Waals surface area contributed by atoms with Gasteiger partial charge in [-0.3, -0.25) is 0 Å². The quantitative estimate of drug-likeness (QED) is 0.564. The van der Waals surface area contributed by atoms with E-state index in [9.17, 15) is 5.11 Å². The van der Waals surface area contributed by atoms with Crippen LogP contribution in [0.1, 0.15) is 82.6 Å². The average Bonchev–Trinajstić information content (AvgIpc) is 2.53. The van der Waals surface area contributed by atoms with Gasteiger partial charge in [0.1, 0.15) is 11.4 Å². The second-order valence-corrected chi connectivity index (χ2v) is 8.72. The number of azo groups is 1. The van der Waals surface area contributed by atoms with Crippen LogP contribution in [0.3, 0.4) is 0 Å². The van der Waals surface area contributed by atoms with Gasteiger partial charge in [0.2, 0.25) is 0 Å². The Bertz CT molecular complexity index is 785. The molecular weight excluding hydrogens is 320 g/mol. The van der Waals surface area contributed by atoms with Crippen LogP contribution < -0.4 is 0 Å². The molecule has 0 spiro atoms. The van der Waals surface area contributed by atoms with Crippen LogP contribution in [-0.4, -0.2) is 5.11 Å². The Morgan fingerprint density at radius 3 is 1.88 bits per heavy atom. The van der Waals surface area contributed by atoms with Gasteiger partial charge in [0.25, 0.3) is 0 Å². The molecule has 0 unspecified atom stereocenters. The number of phenolic OH excluding ortho intramolecular Hbond substituents is 1. The first-order chi connectivity index (χ1) is 12.0. The van der Waals surface area contributed by atoms with Crippen LogP contribution in [0.25, 0.3) is 0 Å². The largest absolute Gasteiger partial charge is 0.505 e. The molecule has 140 valence electrons. The summed E-state index contributed by atoms with van der Waals surface area (Å²) in [4.78, 5) is 0. The summed E-state index contributed by atoms with van der Waals surface area (Å²) in [6.07, 6.45) is 0. The van der Waals surface area contributed by atoms with Crippen LogP contribution in [-0.2, 0) is 5.41 Å². The van der Waals surface area contributed by atoms with Crippen LogP contribution in [0.5, 0.6) is 5.75 Å². The maximum Gasteiger partial charge on any atom is 0.146 e. The predicted octanol–water partition coefficient (Wildman–Crippen LogP) is 7.66. The van der Waals surface area contributed by atoms with Crippen molar-refractivity contribution < 1.29 is 5.11 Å². The topological polar surface area (TPSA) is 45.0 Å². The third-order valence-electron chi connectivity index (χ3n) is 4.64. The summed E-state index contributed by atoms with van der Waals surface area (Å²) in [5.41, 5.74) is 5.64. The van der Waals surface area contributed by atoms with Crippen LogP contribution in [0, 0.1) is 6.92 Å². The van der Waals surface area contributed by atoms with E-state index in [4.69, 9.17) is 0 Å². The van der Waals surface area contributed by atoms with Gasteiger partial charge in [-0.2, -0.15) is 0 Å². The highest BCUT2D eigenvalue weighted by Gasteiger charge is 2.21. The number of rotatable bonds is 4. The van der Waals surface area contributed by atoms with E-state index >= 15 is 0 Å². The highest BCUT2D eigenvalue weighted by molar-refractivity contribution is 5.60. The van der Waals surface area contributed by atoms with Crippen molar-refractivity contribution >= 4 is 11.4 Å². The zero-order chi connectivity index (χ0) is 19.6. The van der Waals surface area contributed by atoms with Gasteiger partial charge in [0.15, 0.2) is 0 Å². The van der Waals surface area contributed by atoms with Gasteiger partial charge >= 0.3 is 0 Å². The molecule has 0 saturated heterocycles. The van der Waals surface area contributed by atoms with E-state index in [0.29, 0.717) is 17.5 Å². The van der Waals surface area contributed by atoms with Crippen LogP contribution >= 0.6 is 0 Å². The average molecular weight is 353 g/mol. The summed E-state index contributed by atoms with van der Waals surface area (Å²) < 4.78 is 0. The van der Waals surface area contributed by atoms with Crippen LogP contribution in [0.15, 0.2) is 40.6 Å². The van der Waals surface area contributed by atoms with E-state index in [1.54, 1.807) is 0 Å². The molecule has 0 aliphatic rings. The Balaban J connectivity index is 2.60. The molecule has 0 aromatic heterocycles. The van der Waals surface area contributed by atoms with Crippen molar-refractivity contribution in [2.45, 2.75) is 72.6 Å². The summed E-state index contributed by atoms with van der Waals surface area (Å²) in [6, 6.07) is 10.2. The molecule has 2 aromatic rings. The highest BCUT2D eigenvalue weighted by atomic mass is 16.3. The first kappa shape index (κ1) is 20.2. The Labute approximate surface area is 158 Å². The summed E-state index contributed by atoms with van der Waals surface area (Å²) in [6.45, 7) is 17.0. The van der Waals surface area contributed by atoms with Gasteiger partial charge < -0.3 is 5.11 Å². The minimum Gasteiger partial charge on any atom is -0.505 e. The lowest BCUT2D eigenvalue weighted by Crippen LogP contribution is -2.11. The van der Waals surface area contributed by atoms with Gasteiger partial charge in [0, 0.05) is 5.56 Å². The zero-order valence-electron chi connectivity index (χ0n) is 17.4. The van der Waals surface area contributed by atoms with Gasteiger partial charge in [0.05, 0.1) is 5.69 Å². The second-order valence-electron chi connectivity index (χ2n) is 8.72. The smallest absolute Gasteiger partial charge is 0.146 e. The lowest BCUT2D eigenvalue weighted by molar-refractivity contribution is 0.447. The summed E-state index contributed by atoms with van der Waals surface area (Å²) in [5, 5.41) is 19.8. The molecule has 0 amide bonds. The Kier molecular flexibility index (Phi) is 5.90. The van der Waals surface area contributed by atoms with Crippen molar-refractivity contribution in [3.8, 4) is 5.75 Å². The van der Waals surface area contributed by atoms with E-state index in [0.717, 1.165) is 16.8 Å². The monoisotopic (exact) mass is 352 g/mol. The molecule has 1 N–H and O–H groups in total. The van der Waals surface area contributed by atoms with Crippen LogP contribution in [0.4, 0.5) is 11.4 Å². The standard InChI is InChI=1S/C23H32N2O/c1-14(2)17-10-9-11-18(15(3)4)21(17)25-24-20-13-16(5)12-19(22(20)26)23(6,7)8/h9-15,26H,1-8H3. The Morgan fingerprint density at radius 1 is 0.885 bits per heavy atom. The molecule has 2 aromatic carbocycles. The molecule has 0 atom stereocenters. The predicted molar refractivity (Wildman–Crippen MR) is 110 cm³/mol. The van der Waals surface area contributed by atoms with Gasteiger partial charge in [-0.25, -0.2) is 0 Å². The number of aryl methyl sites for hydroxylation is 1. The van der Waals surface area contributed by atoms with Crippen LogP contribution in [0.2, 0.25) is 0 Å². The number of phenols is 1. The van der Waals surface area contributed by atoms with E-state index < -0.39 is 0 Å². The number of hydrogen-bond acceptors (Lipinski definition) is 3. The molecule has 0 aliphatic heterocycles. The maximum atomic E-state index is 10.7. The molecule has 3 nitrogen and oxygen atoms in total. The van der Waals surface area contributed by atoms with E-state index in [1.165, 1.54) is 11.1 Å². The van der Waals surface area contributed by atoms with E-state index in [-0.39, 0.29) is 11.2 Å². The minimum atomic E-state index is -0.153. The number of benzene rings is 2. The Morgan fingerprint density at radius 2 is 1.42 bits per heavy atom. The molecule has 0 radical (unpaired) electrons. The van der Waals surface area contributed by atoms with E-state index in [2.05, 4.69) is 76.9 Å². The third-order valence-corrected chi connectivity index (χ3v) is 4.64. The number of nitrogens with zero attached hydrogens (tertiary/aromatic N) is 2. The highest BCUT2D eigenvalue weighted by Crippen LogP contribution is 2.41. The molecule has 0 fully saturated rings. The molecule has 3 heteroatoms. The first-order valence-electron chi connectivity index (χ1n) is 9.41. The van der Waals surface area contributed by atoms with Crippen molar-refractivity contribution in [1.82, 2.24) is 0 Å². The lowest BCUT2D eigenvalue weighted by Gasteiger charge is -2.21. The fourth-order valence-electron chi connectivity index (χ4n) is 3.14. The normalized spacial score (nSPS) is 12.5. The fourth-order valence-corrected chi connectivity index (χ4v) is 3.14. The maximum absolute atomic E-state index is 10.7. The zero-order valence-corrected chi connectivity index (χ0v) is 17.4. The van der Waals surface area contributed by atoms with Crippen molar-refractivity contribution in [1.29, 1.82) is 0 Å². The minimum absolute atomic E-state index is 0.153. The molecular formula is C23H32N2O. The van der Waals surface area contributed by atoms with Gasteiger partial charge in [-0.05, 0) is 46.9 Å². The summed E-state index contributed by atoms with van der Waals surface area (Å²) >= 11 is 0. The number of hydrogen-bond donors (Lipinski definition) is 1. The van der Waals surface area contributed by atoms with Crippen molar-refractivity contribution in [3.63, 3.8) is 0 Å². The molecule has 0 aliphatic carbocycles. The van der Waals surface area contributed by atoms with Gasteiger partial charge in [-0.1, -0.05) is 72.7 Å². The van der Waals surface area contributed by atoms with Crippen molar-refractivity contribution in [3.05, 3.63) is 52.6 Å². The number of aromatic hydroxyl groups is 1. The van der Waals surface area contributed by atoms with Gasteiger partial charge in [-0.15, -0.1) is 10.2 Å². The molecule has 0 heterocycles.